The molecule has 0 saturated heterocycles. The van der Waals surface area contributed by atoms with Gasteiger partial charge in [0, 0.05) is 17.3 Å². The first-order chi connectivity index (χ1) is 14.4. The molecule has 2 aromatic rings. The number of unbranched alkanes of at least 4 members (excludes halogenated alkanes) is 3. The molecule has 1 amide bonds. The fourth-order valence-electron chi connectivity index (χ4n) is 2.74. The fraction of sp³-hybridized carbons (Fsp3) is 0.364. The van der Waals surface area contributed by atoms with Gasteiger partial charge in [0.25, 0.3) is 11.6 Å². The summed E-state index contributed by atoms with van der Waals surface area (Å²) in [7, 11) is 0. The summed E-state index contributed by atoms with van der Waals surface area (Å²) in [5, 5.41) is 13.5. The molecule has 0 aliphatic carbocycles. The van der Waals surface area contributed by atoms with Crippen LogP contribution in [0.25, 0.3) is 0 Å². The van der Waals surface area contributed by atoms with E-state index in [0.29, 0.717) is 29.2 Å². The van der Waals surface area contributed by atoms with E-state index in [1.165, 1.54) is 18.2 Å². The first-order valence-corrected chi connectivity index (χ1v) is 9.85. The number of ether oxygens (including phenoxy) is 2. The van der Waals surface area contributed by atoms with E-state index >= 15 is 0 Å². The largest absolute Gasteiger partial charge is 0.484 e. The average molecular weight is 414 g/mol. The summed E-state index contributed by atoms with van der Waals surface area (Å²) in [6, 6.07) is 10.7. The second-order valence-corrected chi connectivity index (χ2v) is 6.82. The minimum atomic E-state index is -0.474. The van der Waals surface area contributed by atoms with Crippen LogP contribution < -0.4 is 10.1 Å². The van der Waals surface area contributed by atoms with Crippen molar-refractivity contribution < 1.29 is 24.0 Å². The second kappa shape index (κ2) is 11.5. The van der Waals surface area contributed by atoms with Crippen molar-refractivity contribution in [3.8, 4) is 5.75 Å². The zero-order valence-corrected chi connectivity index (χ0v) is 17.2. The maximum absolute atomic E-state index is 12.1. The van der Waals surface area contributed by atoms with Gasteiger partial charge in [0.05, 0.1) is 17.1 Å². The lowest BCUT2D eigenvalue weighted by Gasteiger charge is -2.09. The number of nitrogens with zero attached hydrogens (tertiary/aromatic N) is 1. The van der Waals surface area contributed by atoms with Crippen molar-refractivity contribution in [2.24, 2.45) is 0 Å². The first kappa shape index (κ1) is 22.9. The highest BCUT2D eigenvalue weighted by Crippen LogP contribution is 2.23. The fourth-order valence-corrected chi connectivity index (χ4v) is 2.74. The molecule has 2 aromatic carbocycles. The third kappa shape index (κ3) is 7.20. The van der Waals surface area contributed by atoms with E-state index < -0.39 is 10.8 Å². The lowest BCUT2D eigenvalue weighted by molar-refractivity contribution is -0.385. The number of aryl methyl sites for hydroxylation is 1. The number of nitro benzene ring substituents is 1. The SMILES string of the molecule is CCCCCCOC(=O)c1ccc(NC(=O)COc2ccc([N+](=O)[O-])c(C)c2)cc1. The van der Waals surface area contributed by atoms with E-state index in [0.717, 1.165) is 25.7 Å². The van der Waals surface area contributed by atoms with Crippen LogP contribution in [0, 0.1) is 17.0 Å². The smallest absolute Gasteiger partial charge is 0.338 e. The van der Waals surface area contributed by atoms with Crippen molar-refractivity contribution in [1.82, 2.24) is 0 Å². The molecule has 0 aliphatic rings. The Morgan fingerprint density at radius 2 is 1.80 bits per heavy atom. The molecule has 0 unspecified atom stereocenters. The van der Waals surface area contributed by atoms with Crippen molar-refractivity contribution in [3.63, 3.8) is 0 Å². The van der Waals surface area contributed by atoms with Gasteiger partial charge in [0.15, 0.2) is 6.61 Å². The number of carbonyl (C=O) groups is 2. The minimum absolute atomic E-state index is 0.00798. The normalized spacial score (nSPS) is 10.3. The van der Waals surface area contributed by atoms with Gasteiger partial charge in [0.2, 0.25) is 0 Å². The van der Waals surface area contributed by atoms with E-state index in [2.05, 4.69) is 12.2 Å². The number of anilines is 1. The number of hydrogen-bond donors (Lipinski definition) is 1. The molecule has 0 fully saturated rings. The van der Waals surface area contributed by atoms with Crippen LogP contribution in [0.15, 0.2) is 42.5 Å². The molecule has 0 heterocycles. The van der Waals surface area contributed by atoms with Crippen molar-refractivity contribution in [1.29, 1.82) is 0 Å². The van der Waals surface area contributed by atoms with Crippen LogP contribution in [0.4, 0.5) is 11.4 Å². The molecular weight excluding hydrogens is 388 g/mol. The Hall–Kier alpha value is -3.42. The van der Waals surface area contributed by atoms with Crippen LogP contribution in [-0.4, -0.2) is 30.0 Å². The van der Waals surface area contributed by atoms with Gasteiger partial charge < -0.3 is 14.8 Å². The van der Waals surface area contributed by atoms with Gasteiger partial charge in [-0.3, -0.25) is 14.9 Å². The van der Waals surface area contributed by atoms with Gasteiger partial charge in [-0.2, -0.15) is 0 Å². The maximum Gasteiger partial charge on any atom is 0.338 e. The van der Waals surface area contributed by atoms with E-state index in [1.807, 2.05) is 0 Å². The predicted octanol–water partition coefficient (Wildman–Crippen LogP) is 4.66. The van der Waals surface area contributed by atoms with Gasteiger partial charge in [0.1, 0.15) is 5.75 Å². The highest BCUT2D eigenvalue weighted by molar-refractivity contribution is 5.93. The monoisotopic (exact) mass is 414 g/mol. The summed E-state index contributed by atoms with van der Waals surface area (Å²) in [5.41, 5.74) is 1.38. The first-order valence-electron chi connectivity index (χ1n) is 9.85. The maximum atomic E-state index is 12.1. The Labute approximate surface area is 175 Å². The third-order valence-corrected chi connectivity index (χ3v) is 4.37. The Balaban J connectivity index is 1.79. The quantitative estimate of drug-likeness (QED) is 0.248. The topological polar surface area (TPSA) is 108 Å². The number of rotatable bonds is 11. The molecule has 160 valence electrons. The highest BCUT2D eigenvalue weighted by Gasteiger charge is 2.12. The molecule has 0 aromatic heterocycles. The van der Waals surface area contributed by atoms with Crippen LogP contribution in [0.5, 0.6) is 5.75 Å². The molecule has 0 radical (unpaired) electrons. The molecule has 8 nitrogen and oxygen atoms in total. The third-order valence-electron chi connectivity index (χ3n) is 4.37. The zero-order valence-electron chi connectivity index (χ0n) is 17.2. The summed E-state index contributed by atoms with van der Waals surface area (Å²) in [6.45, 7) is 3.87. The molecule has 0 spiro atoms. The Morgan fingerprint density at radius 1 is 1.07 bits per heavy atom. The van der Waals surface area contributed by atoms with Gasteiger partial charge in [-0.25, -0.2) is 4.79 Å². The molecule has 8 heteroatoms. The van der Waals surface area contributed by atoms with Gasteiger partial charge in [-0.1, -0.05) is 26.2 Å². The van der Waals surface area contributed by atoms with E-state index in [-0.39, 0.29) is 18.3 Å². The zero-order chi connectivity index (χ0) is 21.9. The number of amides is 1. The van der Waals surface area contributed by atoms with Crippen LogP contribution in [0.2, 0.25) is 0 Å². The number of esters is 1. The van der Waals surface area contributed by atoms with Crippen molar-refractivity contribution in [3.05, 3.63) is 63.7 Å². The number of nitrogens with one attached hydrogen (secondary N) is 1. The molecule has 0 bridgehead atoms. The Kier molecular flexibility index (Phi) is 8.80. The summed E-state index contributed by atoms with van der Waals surface area (Å²) < 4.78 is 10.6. The van der Waals surface area contributed by atoms with E-state index in [9.17, 15) is 19.7 Å². The summed E-state index contributed by atoms with van der Waals surface area (Å²) >= 11 is 0. The lowest BCUT2D eigenvalue weighted by Crippen LogP contribution is -2.20. The summed E-state index contributed by atoms with van der Waals surface area (Å²) in [6.07, 6.45) is 4.14. The summed E-state index contributed by atoms with van der Waals surface area (Å²) in [4.78, 5) is 34.4. The van der Waals surface area contributed by atoms with Crippen LogP contribution in [0.1, 0.15) is 48.5 Å². The highest BCUT2D eigenvalue weighted by atomic mass is 16.6. The van der Waals surface area contributed by atoms with Crippen LogP contribution in [-0.2, 0) is 9.53 Å². The standard InChI is InChI=1S/C22H26N2O6/c1-3-4-5-6-13-29-22(26)17-7-9-18(10-8-17)23-21(25)15-30-19-11-12-20(24(27)28)16(2)14-19/h7-12,14H,3-6,13,15H2,1-2H3,(H,23,25). The predicted molar refractivity (Wildman–Crippen MR) is 113 cm³/mol. The van der Waals surface area contributed by atoms with E-state index in [1.54, 1.807) is 31.2 Å². The average Bonchev–Trinajstić information content (AvgIpc) is 2.72. The number of benzene rings is 2. The Bertz CT molecular complexity index is 880. The molecule has 1 N–H and O–H groups in total. The van der Waals surface area contributed by atoms with Gasteiger partial charge >= 0.3 is 5.97 Å². The molecule has 30 heavy (non-hydrogen) atoms. The lowest BCUT2D eigenvalue weighted by atomic mass is 10.2. The van der Waals surface area contributed by atoms with Crippen molar-refractivity contribution in [2.75, 3.05) is 18.5 Å². The van der Waals surface area contributed by atoms with Gasteiger partial charge in [-0.15, -0.1) is 0 Å². The Morgan fingerprint density at radius 3 is 2.43 bits per heavy atom. The minimum Gasteiger partial charge on any atom is -0.484 e. The molecule has 2 rings (SSSR count). The van der Waals surface area contributed by atoms with Crippen LogP contribution >= 0.6 is 0 Å². The van der Waals surface area contributed by atoms with E-state index in [4.69, 9.17) is 9.47 Å². The van der Waals surface area contributed by atoms with Gasteiger partial charge in [-0.05, 0) is 49.7 Å². The molecule has 0 aliphatic heterocycles. The molecule has 0 saturated carbocycles. The van der Waals surface area contributed by atoms with Crippen LogP contribution in [0.3, 0.4) is 0 Å². The second-order valence-electron chi connectivity index (χ2n) is 6.82. The molecular formula is C22H26N2O6. The van der Waals surface area contributed by atoms with Crippen molar-refractivity contribution >= 4 is 23.3 Å². The number of hydrogen-bond acceptors (Lipinski definition) is 6. The van der Waals surface area contributed by atoms with Crippen molar-refractivity contribution in [2.45, 2.75) is 39.5 Å². The summed E-state index contributed by atoms with van der Waals surface area (Å²) in [5.74, 6) is -0.413. The number of nitro groups is 1. The molecule has 0 atom stereocenters. The number of carbonyl (C=O) groups excluding carboxylic acids is 2.